The van der Waals surface area contributed by atoms with E-state index in [-0.39, 0.29) is 29.6 Å². The van der Waals surface area contributed by atoms with Crippen LogP contribution in [0.4, 0.5) is 0 Å². The minimum atomic E-state index is -3.83. The van der Waals surface area contributed by atoms with E-state index in [0.717, 1.165) is 4.31 Å². The van der Waals surface area contributed by atoms with Crippen molar-refractivity contribution in [1.29, 1.82) is 0 Å². The maximum atomic E-state index is 12.8. The van der Waals surface area contributed by atoms with Gasteiger partial charge < -0.3 is 14.8 Å². The number of aromatic nitrogens is 3. The molecule has 0 fully saturated rings. The molecule has 0 saturated carbocycles. The van der Waals surface area contributed by atoms with Crippen LogP contribution in [0.25, 0.3) is 0 Å². The summed E-state index contributed by atoms with van der Waals surface area (Å²) in [6, 6.07) is 9.36. The van der Waals surface area contributed by atoms with Gasteiger partial charge in [0.2, 0.25) is 15.9 Å². The molecule has 1 aromatic carbocycles. The summed E-state index contributed by atoms with van der Waals surface area (Å²) in [6.45, 7) is 1.66. The van der Waals surface area contributed by atoms with Gasteiger partial charge in [0.1, 0.15) is 11.5 Å². The molecule has 0 unspecified atom stereocenters. The van der Waals surface area contributed by atoms with Gasteiger partial charge in [-0.05, 0) is 36.4 Å². The smallest absolute Gasteiger partial charge is 0.326 e. The summed E-state index contributed by atoms with van der Waals surface area (Å²) in [5.74, 6) is 0.688. The van der Waals surface area contributed by atoms with Crippen LogP contribution in [0.15, 0.2) is 58.5 Å². The lowest BCUT2D eigenvalue weighted by molar-refractivity contribution is 0.398. The number of rotatable bonds is 7. The maximum Gasteiger partial charge on any atom is 0.326 e. The van der Waals surface area contributed by atoms with Crippen LogP contribution in [0.3, 0.4) is 0 Å². The first kappa shape index (κ1) is 18.7. The van der Waals surface area contributed by atoms with Crippen LogP contribution in [-0.4, -0.2) is 39.3 Å². The fourth-order valence-electron chi connectivity index (χ4n) is 2.44. The van der Waals surface area contributed by atoms with Crippen molar-refractivity contribution >= 4 is 10.0 Å². The Morgan fingerprint density at radius 3 is 2.26 bits per heavy atom. The van der Waals surface area contributed by atoms with Gasteiger partial charge in [-0.15, -0.1) is 0 Å². The monoisotopic (exact) mass is 390 g/mol. The molecule has 142 valence electrons. The fraction of sp³-hybridized carbons (Fsp3) is 0.176. The Hall–Kier alpha value is -3.11. The second kappa shape index (κ2) is 7.64. The maximum absolute atomic E-state index is 12.8. The number of nitrogens with one attached hydrogen (secondary N) is 2. The van der Waals surface area contributed by atoms with Crippen molar-refractivity contribution in [3.8, 4) is 17.4 Å². The number of benzene rings is 1. The number of hydrogen-bond acceptors (Lipinski definition) is 6. The highest BCUT2D eigenvalue weighted by atomic mass is 32.2. The summed E-state index contributed by atoms with van der Waals surface area (Å²) in [5, 5.41) is 9.66. The molecule has 0 spiro atoms. The zero-order valence-corrected chi connectivity index (χ0v) is 15.2. The molecular weight excluding hydrogens is 372 g/mol. The van der Waals surface area contributed by atoms with Gasteiger partial charge in [0.25, 0.3) is 0 Å². The molecular formula is C17H18N4O5S. The molecule has 10 heteroatoms. The summed E-state index contributed by atoms with van der Waals surface area (Å²) >= 11 is 0. The largest absolute Gasteiger partial charge is 0.493 e. The quantitative estimate of drug-likeness (QED) is 0.564. The lowest BCUT2D eigenvalue weighted by Crippen LogP contribution is -2.30. The molecule has 0 bridgehead atoms. The fourth-order valence-corrected chi connectivity index (χ4v) is 3.86. The van der Waals surface area contributed by atoms with E-state index in [9.17, 15) is 18.3 Å². The Labute approximate surface area is 155 Å². The third-order valence-electron chi connectivity index (χ3n) is 3.82. The molecule has 0 saturated heterocycles. The molecule has 0 aliphatic carbocycles. The number of hydrogen-bond donors (Lipinski definition) is 3. The summed E-state index contributed by atoms with van der Waals surface area (Å²) in [4.78, 5) is 19.7. The Bertz CT molecular complexity index is 1060. The van der Waals surface area contributed by atoms with E-state index < -0.39 is 15.7 Å². The minimum Gasteiger partial charge on any atom is -0.493 e. The Morgan fingerprint density at radius 1 is 1.07 bits per heavy atom. The topological polar surface area (TPSA) is 128 Å². The molecule has 3 aromatic rings. The molecule has 0 amide bonds. The first-order valence-corrected chi connectivity index (χ1v) is 9.52. The number of H-pyrrole nitrogens is 2. The van der Waals surface area contributed by atoms with Gasteiger partial charge in [-0.3, -0.25) is 9.97 Å². The Kier molecular flexibility index (Phi) is 5.28. The second-order valence-electron chi connectivity index (χ2n) is 5.59. The predicted octanol–water partition coefficient (Wildman–Crippen LogP) is 1.81. The van der Waals surface area contributed by atoms with E-state index >= 15 is 0 Å². The molecule has 0 atom stereocenters. The molecule has 0 radical (unpaired) electrons. The molecule has 2 aromatic heterocycles. The van der Waals surface area contributed by atoms with E-state index in [2.05, 4.69) is 15.0 Å². The zero-order valence-electron chi connectivity index (χ0n) is 14.4. The highest BCUT2D eigenvalue weighted by Gasteiger charge is 2.25. The van der Waals surface area contributed by atoms with E-state index in [1.54, 1.807) is 43.6 Å². The molecule has 3 N–H and O–H groups in total. The third-order valence-corrected chi connectivity index (χ3v) is 5.75. The van der Waals surface area contributed by atoms with Gasteiger partial charge in [0.15, 0.2) is 0 Å². The second-order valence-corrected chi connectivity index (χ2v) is 7.53. The van der Waals surface area contributed by atoms with Crippen LogP contribution in [0.1, 0.15) is 12.6 Å². The number of nitrogens with zero attached hydrogens (tertiary/aromatic N) is 2. The zero-order chi connectivity index (χ0) is 19.4. The summed E-state index contributed by atoms with van der Waals surface area (Å²) in [6.07, 6.45) is 3.18. The van der Waals surface area contributed by atoms with Gasteiger partial charge in [0, 0.05) is 18.9 Å². The average molecular weight is 390 g/mol. The summed E-state index contributed by atoms with van der Waals surface area (Å²) in [5.41, 5.74) is -0.503. The normalized spacial score (nSPS) is 11.6. The number of aromatic amines is 2. The number of aromatic hydroxyl groups is 1. The first-order valence-electron chi connectivity index (χ1n) is 8.08. The number of ether oxygens (including phenoxy) is 1. The highest BCUT2D eigenvalue weighted by Crippen LogP contribution is 2.25. The van der Waals surface area contributed by atoms with Crippen LogP contribution in [-0.2, 0) is 16.6 Å². The van der Waals surface area contributed by atoms with E-state index in [0.29, 0.717) is 11.5 Å². The minimum absolute atomic E-state index is 0.0730. The van der Waals surface area contributed by atoms with Crippen molar-refractivity contribution in [3.63, 3.8) is 0 Å². The van der Waals surface area contributed by atoms with Gasteiger partial charge >= 0.3 is 5.69 Å². The van der Waals surface area contributed by atoms with E-state index in [4.69, 9.17) is 4.74 Å². The molecule has 27 heavy (non-hydrogen) atoms. The van der Waals surface area contributed by atoms with E-state index in [1.807, 2.05) is 0 Å². The van der Waals surface area contributed by atoms with Gasteiger partial charge in [-0.2, -0.15) is 4.31 Å². The lowest BCUT2D eigenvalue weighted by atomic mass is 10.3. The summed E-state index contributed by atoms with van der Waals surface area (Å²) in [7, 11) is -3.83. The third kappa shape index (κ3) is 4.18. The predicted molar refractivity (Wildman–Crippen MR) is 97.1 cm³/mol. The van der Waals surface area contributed by atoms with Crippen molar-refractivity contribution in [3.05, 3.63) is 65.0 Å². The summed E-state index contributed by atoms with van der Waals surface area (Å²) < 4.78 is 32.5. The van der Waals surface area contributed by atoms with Crippen LogP contribution in [0, 0.1) is 0 Å². The number of pyridine rings is 1. The highest BCUT2D eigenvalue weighted by molar-refractivity contribution is 7.89. The van der Waals surface area contributed by atoms with E-state index in [1.165, 1.54) is 12.1 Å². The number of imidazole rings is 1. The Morgan fingerprint density at radius 2 is 1.70 bits per heavy atom. The van der Waals surface area contributed by atoms with Crippen molar-refractivity contribution in [2.45, 2.75) is 18.4 Å². The lowest BCUT2D eigenvalue weighted by Gasteiger charge is -2.20. The SMILES string of the molecule is CCN(Cc1[nH]c(=O)[nH]c1O)S(=O)(=O)c1ccc(Oc2ccncc2)cc1. The standard InChI is InChI=1S/C17H18N4O5S/c1-2-21(11-15-16(22)20-17(23)19-15)27(24,25)14-5-3-12(4-6-14)26-13-7-9-18-10-8-13/h3-10,22H,2,11H2,1H3,(H2,19,20,23). The first-order chi connectivity index (χ1) is 12.9. The van der Waals surface area contributed by atoms with Crippen LogP contribution < -0.4 is 10.4 Å². The van der Waals surface area contributed by atoms with Crippen molar-refractivity contribution in [2.75, 3.05) is 6.54 Å². The molecule has 9 nitrogen and oxygen atoms in total. The van der Waals surface area contributed by atoms with Gasteiger partial charge in [0.05, 0.1) is 17.1 Å². The van der Waals surface area contributed by atoms with Crippen molar-refractivity contribution in [2.24, 2.45) is 0 Å². The van der Waals surface area contributed by atoms with Crippen LogP contribution in [0.2, 0.25) is 0 Å². The Balaban J connectivity index is 1.80. The molecule has 0 aliphatic rings. The molecule has 2 heterocycles. The number of sulfonamides is 1. The van der Waals surface area contributed by atoms with Crippen LogP contribution in [0.5, 0.6) is 17.4 Å². The van der Waals surface area contributed by atoms with Crippen LogP contribution >= 0.6 is 0 Å². The van der Waals surface area contributed by atoms with Crippen molar-refractivity contribution in [1.82, 2.24) is 19.3 Å². The van der Waals surface area contributed by atoms with Crippen molar-refractivity contribution < 1.29 is 18.3 Å². The van der Waals surface area contributed by atoms with Gasteiger partial charge in [-0.1, -0.05) is 6.92 Å². The average Bonchev–Trinajstić information content (AvgIpc) is 2.98. The molecule has 0 aliphatic heterocycles. The molecule has 3 rings (SSSR count). The van der Waals surface area contributed by atoms with Gasteiger partial charge in [-0.25, -0.2) is 13.2 Å².